The van der Waals surface area contributed by atoms with Gasteiger partial charge >= 0.3 is 5.97 Å². The molecule has 5 heteroatoms. The summed E-state index contributed by atoms with van der Waals surface area (Å²) >= 11 is 0. The monoisotopic (exact) mass is 336 g/mol. The van der Waals surface area contributed by atoms with Gasteiger partial charge in [-0.15, -0.1) is 0 Å². The van der Waals surface area contributed by atoms with Crippen molar-refractivity contribution in [2.75, 3.05) is 37.7 Å². The van der Waals surface area contributed by atoms with Gasteiger partial charge in [0.15, 0.2) is 0 Å². The second kappa shape index (κ2) is 8.21. The zero-order valence-corrected chi connectivity index (χ0v) is 15.1. The number of piperazine rings is 1. The third-order valence-electron chi connectivity index (χ3n) is 4.77. The Morgan fingerprint density at radius 3 is 2.36 bits per heavy atom. The smallest absolute Gasteiger partial charge is 0.338 e. The molecular weight excluding hydrogens is 311 g/mol. The molecule has 0 saturated carbocycles. The van der Waals surface area contributed by atoms with Gasteiger partial charge in [0, 0.05) is 38.4 Å². The van der Waals surface area contributed by atoms with Crippen LogP contribution in [0, 0.1) is 0 Å². The molecule has 3 rings (SSSR count). The van der Waals surface area contributed by atoms with Gasteiger partial charge < -0.3 is 9.64 Å². The van der Waals surface area contributed by atoms with E-state index in [1.807, 2.05) is 31.2 Å². The maximum atomic E-state index is 11.7. The number of hydrogen-bond donors (Lipinski definition) is 0. The summed E-state index contributed by atoms with van der Waals surface area (Å²) in [7, 11) is 2.18. The van der Waals surface area contributed by atoms with E-state index in [1.165, 1.54) is 16.7 Å². The molecule has 0 N–H and O–H groups in total. The van der Waals surface area contributed by atoms with Crippen LogP contribution in [0.25, 0.3) is 0 Å². The normalized spacial score (nSPS) is 15.2. The predicted octanol–water partition coefficient (Wildman–Crippen LogP) is 1.44. The number of esters is 1. The third-order valence-corrected chi connectivity index (χ3v) is 4.77. The first-order chi connectivity index (χ1) is 12.2. The lowest BCUT2D eigenvalue weighted by Crippen LogP contribution is -2.46. The molecule has 0 atom stereocenters. The Morgan fingerprint density at radius 2 is 1.72 bits per heavy atom. The average molecular weight is 336 g/mol. The number of nitrogens with zero attached hydrogens (tertiary/aromatic N) is 2. The first kappa shape index (κ1) is 17.6. The fourth-order valence-corrected chi connectivity index (χ4v) is 3.22. The van der Waals surface area contributed by atoms with Gasteiger partial charge in [0.1, 0.15) is 7.85 Å². The Balaban J connectivity index is 1.55. The van der Waals surface area contributed by atoms with Crippen molar-refractivity contribution in [1.29, 1.82) is 0 Å². The van der Waals surface area contributed by atoms with E-state index in [0.29, 0.717) is 12.2 Å². The van der Waals surface area contributed by atoms with Gasteiger partial charge in [-0.2, -0.15) is 0 Å². The molecule has 0 unspecified atom stereocenters. The highest BCUT2D eigenvalue weighted by molar-refractivity contribution is 6.33. The van der Waals surface area contributed by atoms with Crippen molar-refractivity contribution >= 4 is 25.0 Å². The van der Waals surface area contributed by atoms with Gasteiger partial charge in [0.05, 0.1) is 12.2 Å². The highest BCUT2D eigenvalue weighted by atomic mass is 16.5. The number of benzene rings is 2. The predicted molar refractivity (Wildman–Crippen MR) is 105 cm³/mol. The van der Waals surface area contributed by atoms with E-state index in [1.54, 1.807) is 0 Å². The zero-order valence-electron chi connectivity index (χ0n) is 15.1. The van der Waals surface area contributed by atoms with Crippen LogP contribution in [0.4, 0.5) is 5.69 Å². The van der Waals surface area contributed by atoms with Crippen molar-refractivity contribution < 1.29 is 9.53 Å². The van der Waals surface area contributed by atoms with Crippen molar-refractivity contribution in [3.05, 3.63) is 59.7 Å². The van der Waals surface area contributed by atoms with Gasteiger partial charge in [-0.1, -0.05) is 29.7 Å². The second-order valence-electron chi connectivity index (χ2n) is 6.46. The molecule has 1 saturated heterocycles. The maximum absolute atomic E-state index is 11.7. The van der Waals surface area contributed by atoms with E-state index >= 15 is 0 Å². The standard InChI is InChI=1S/C20H25BN2O2/c1-2-25-20(24)16-7-9-18(10-8-16)23-13-11-22(12-14-23)15-17-5-3-4-6-19(17)21/h3-10H,2,11-15,21H2,1H3. The summed E-state index contributed by atoms with van der Waals surface area (Å²) in [5.41, 5.74) is 4.56. The van der Waals surface area contributed by atoms with Gasteiger partial charge in [-0.3, -0.25) is 4.90 Å². The lowest BCUT2D eigenvalue weighted by atomic mass is 9.90. The van der Waals surface area contributed by atoms with Crippen LogP contribution < -0.4 is 10.4 Å². The lowest BCUT2D eigenvalue weighted by Gasteiger charge is -2.36. The quantitative estimate of drug-likeness (QED) is 0.611. The first-order valence-electron chi connectivity index (χ1n) is 8.96. The Morgan fingerprint density at radius 1 is 1.04 bits per heavy atom. The topological polar surface area (TPSA) is 32.8 Å². The molecule has 0 spiro atoms. The molecule has 0 radical (unpaired) electrons. The molecule has 2 aromatic rings. The molecule has 0 amide bonds. The molecule has 4 nitrogen and oxygen atoms in total. The Kier molecular flexibility index (Phi) is 5.77. The fourth-order valence-electron chi connectivity index (χ4n) is 3.22. The Labute approximate surface area is 150 Å². The van der Waals surface area contributed by atoms with E-state index < -0.39 is 0 Å². The minimum absolute atomic E-state index is 0.253. The van der Waals surface area contributed by atoms with Crippen molar-refractivity contribution in [2.45, 2.75) is 13.5 Å². The highest BCUT2D eigenvalue weighted by Crippen LogP contribution is 2.18. The van der Waals surface area contributed by atoms with Crippen LogP contribution in [0.5, 0.6) is 0 Å². The molecule has 0 bridgehead atoms. The molecule has 130 valence electrons. The zero-order chi connectivity index (χ0) is 17.6. The fraction of sp³-hybridized carbons (Fsp3) is 0.350. The summed E-state index contributed by atoms with van der Waals surface area (Å²) in [5, 5.41) is 0. The third kappa shape index (κ3) is 4.43. The van der Waals surface area contributed by atoms with Gasteiger partial charge in [-0.25, -0.2) is 4.79 Å². The number of rotatable bonds is 5. The van der Waals surface area contributed by atoms with Crippen LogP contribution >= 0.6 is 0 Å². The van der Waals surface area contributed by atoms with E-state index in [0.717, 1.165) is 32.7 Å². The Bertz CT molecular complexity index is 710. The van der Waals surface area contributed by atoms with Gasteiger partial charge in [-0.05, 0) is 36.8 Å². The van der Waals surface area contributed by atoms with E-state index in [2.05, 4.69) is 41.9 Å². The molecule has 0 aromatic heterocycles. The molecule has 2 aromatic carbocycles. The highest BCUT2D eigenvalue weighted by Gasteiger charge is 2.18. The van der Waals surface area contributed by atoms with Crippen LogP contribution in [0.2, 0.25) is 0 Å². The first-order valence-corrected chi connectivity index (χ1v) is 8.96. The van der Waals surface area contributed by atoms with Crippen molar-refractivity contribution in [3.63, 3.8) is 0 Å². The molecule has 1 aliphatic heterocycles. The number of anilines is 1. The van der Waals surface area contributed by atoms with E-state index in [4.69, 9.17) is 4.74 Å². The van der Waals surface area contributed by atoms with Gasteiger partial charge in [0.2, 0.25) is 0 Å². The molecule has 1 heterocycles. The minimum atomic E-state index is -0.253. The number of carbonyl (C=O) groups is 1. The summed E-state index contributed by atoms with van der Waals surface area (Å²) < 4.78 is 5.03. The van der Waals surface area contributed by atoms with E-state index in [9.17, 15) is 4.79 Å². The summed E-state index contributed by atoms with van der Waals surface area (Å²) in [6.07, 6.45) is 0. The maximum Gasteiger partial charge on any atom is 0.338 e. The van der Waals surface area contributed by atoms with Crippen LogP contribution in [-0.2, 0) is 11.3 Å². The summed E-state index contributed by atoms with van der Waals surface area (Å²) in [6, 6.07) is 16.3. The molecule has 0 aliphatic carbocycles. The largest absolute Gasteiger partial charge is 0.462 e. The van der Waals surface area contributed by atoms with Crippen molar-refractivity contribution in [2.24, 2.45) is 0 Å². The lowest BCUT2D eigenvalue weighted by molar-refractivity contribution is 0.0526. The summed E-state index contributed by atoms with van der Waals surface area (Å²) in [6.45, 7) is 7.35. The van der Waals surface area contributed by atoms with Crippen LogP contribution in [0.1, 0.15) is 22.8 Å². The summed E-state index contributed by atoms with van der Waals surface area (Å²) in [4.78, 5) is 16.6. The minimum Gasteiger partial charge on any atom is -0.462 e. The molecule has 25 heavy (non-hydrogen) atoms. The number of ether oxygens (including phenoxy) is 1. The van der Waals surface area contributed by atoms with Crippen molar-refractivity contribution in [1.82, 2.24) is 4.90 Å². The average Bonchev–Trinajstić information content (AvgIpc) is 2.65. The molecular formula is C20H25BN2O2. The van der Waals surface area contributed by atoms with Crippen LogP contribution in [0.3, 0.4) is 0 Å². The van der Waals surface area contributed by atoms with E-state index in [-0.39, 0.29) is 5.97 Å². The SMILES string of the molecule is Bc1ccccc1CN1CCN(c2ccc(C(=O)OCC)cc2)CC1. The molecule has 1 aliphatic rings. The molecule has 1 fully saturated rings. The summed E-state index contributed by atoms with van der Waals surface area (Å²) in [5.74, 6) is -0.253. The van der Waals surface area contributed by atoms with Crippen LogP contribution in [-0.4, -0.2) is 51.5 Å². The second-order valence-corrected chi connectivity index (χ2v) is 6.46. The Hall–Kier alpha value is -2.27. The number of hydrogen-bond acceptors (Lipinski definition) is 4. The van der Waals surface area contributed by atoms with Crippen molar-refractivity contribution in [3.8, 4) is 0 Å². The van der Waals surface area contributed by atoms with Gasteiger partial charge in [0.25, 0.3) is 0 Å². The van der Waals surface area contributed by atoms with Crippen LogP contribution in [0.15, 0.2) is 48.5 Å². The number of carbonyl (C=O) groups excluding carboxylic acids is 1.